The van der Waals surface area contributed by atoms with Crippen LogP contribution in [0, 0.1) is 0 Å². The summed E-state index contributed by atoms with van der Waals surface area (Å²) in [4.78, 5) is 25.3. The van der Waals surface area contributed by atoms with Crippen molar-refractivity contribution in [2.24, 2.45) is 0 Å². The molecule has 130 valence electrons. The van der Waals surface area contributed by atoms with Gasteiger partial charge >= 0.3 is 0 Å². The maximum Gasteiger partial charge on any atom is 0.256 e. The lowest BCUT2D eigenvalue weighted by molar-refractivity contribution is -0.113. The summed E-state index contributed by atoms with van der Waals surface area (Å²) in [7, 11) is 1.64. The minimum absolute atomic E-state index is 0.162. The molecule has 2 heterocycles. The second-order valence-corrected chi connectivity index (χ2v) is 5.70. The molecule has 1 saturated heterocycles. The van der Waals surface area contributed by atoms with E-state index in [2.05, 4.69) is 22.2 Å². The standard InChI is InChI=1S/C17H19N5O3/c1-3-16(23)21(2)13-6-4-12(5-7-13)17(24)18-15-10-22(20-19-15)14-8-9-25-11-14/h3-7,10,14H,1,8-9,11H2,2H3,(H,18,24). The Balaban J connectivity index is 1.65. The number of likely N-dealkylation sites (N-methyl/N-ethyl adjacent to an activating group) is 1. The number of nitrogens with one attached hydrogen (secondary N) is 1. The molecule has 0 saturated carbocycles. The maximum atomic E-state index is 12.3. The van der Waals surface area contributed by atoms with E-state index in [4.69, 9.17) is 4.74 Å². The van der Waals surface area contributed by atoms with E-state index in [0.717, 1.165) is 6.42 Å². The van der Waals surface area contributed by atoms with Gasteiger partial charge in [-0.15, -0.1) is 5.10 Å². The van der Waals surface area contributed by atoms with Gasteiger partial charge in [0.2, 0.25) is 5.91 Å². The van der Waals surface area contributed by atoms with E-state index in [9.17, 15) is 9.59 Å². The highest BCUT2D eigenvalue weighted by atomic mass is 16.5. The summed E-state index contributed by atoms with van der Waals surface area (Å²) in [6.45, 7) is 4.77. The summed E-state index contributed by atoms with van der Waals surface area (Å²) in [5.41, 5.74) is 1.13. The molecule has 1 fully saturated rings. The van der Waals surface area contributed by atoms with Crippen LogP contribution in [0.4, 0.5) is 11.5 Å². The number of carbonyl (C=O) groups is 2. The fraction of sp³-hybridized carbons (Fsp3) is 0.294. The first kappa shape index (κ1) is 16.8. The molecule has 1 aromatic heterocycles. The summed E-state index contributed by atoms with van der Waals surface area (Å²) in [6, 6.07) is 6.85. The fourth-order valence-corrected chi connectivity index (χ4v) is 2.53. The quantitative estimate of drug-likeness (QED) is 0.835. The number of aromatic nitrogens is 3. The summed E-state index contributed by atoms with van der Waals surface area (Å²) in [5.74, 6) is -0.122. The molecule has 1 aromatic carbocycles. The van der Waals surface area contributed by atoms with E-state index in [1.54, 1.807) is 42.2 Å². The molecule has 1 unspecified atom stereocenters. The van der Waals surface area contributed by atoms with Crippen LogP contribution in [0.5, 0.6) is 0 Å². The molecule has 0 radical (unpaired) electrons. The first-order valence-electron chi connectivity index (χ1n) is 7.89. The van der Waals surface area contributed by atoms with E-state index in [0.29, 0.717) is 30.3 Å². The Hall–Kier alpha value is -3.00. The zero-order chi connectivity index (χ0) is 17.8. The van der Waals surface area contributed by atoms with Crippen molar-refractivity contribution in [2.75, 3.05) is 30.5 Å². The fourth-order valence-electron chi connectivity index (χ4n) is 2.53. The molecule has 1 aliphatic heterocycles. The van der Waals surface area contributed by atoms with Gasteiger partial charge in [0.25, 0.3) is 5.91 Å². The van der Waals surface area contributed by atoms with E-state index in [1.165, 1.54) is 11.0 Å². The summed E-state index contributed by atoms with van der Waals surface area (Å²) in [6.07, 6.45) is 3.82. The highest BCUT2D eigenvalue weighted by Gasteiger charge is 2.19. The summed E-state index contributed by atoms with van der Waals surface area (Å²) < 4.78 is 7.03. The number of rotatable bonds is 5. The molecule has 0 bridgehead atoms. The third kappa shape index (κ3) is 3.74. The monoisotopic (exact) mass is 341 g/mol. The van der Waals surface area contributed by atoms with Crippen LogP contribution in [0.3, 0.4) is 0 Å². The number of nitrogens with zero attached hydrogens (tertiary/aromatic N) is 4. The van der Waals surface area contributed by atoms with Crippen molar-refractivity contribution in [1.82, 2.24) is 15.0 Å². The number of anilines is 2. The van der Waals surface area contributed by atoms with Crippen LogP contribution < -0.4 is 10.2 Å². The molecule has 0 aliphatic carbocycles. The molecular formula is C17H19N5O3. The number of carbonyl (C=O) groups excluding carboxylic acids is 2. The topological polar surface area (TPSA) is 89.4 Å². The van der Waals surface area contributed by atoms with Gasteiger partial charge in [-0.25, -0.2) is 4.68 Å². The van der Waals surface area contributed by atoms with Gasteiger partial charge in [-0.2, -0.15) is 0 Å². The molecule has 0 spiro atoms. The number of amides is 2. The van der Waals surface area contributed by atoms with Crippen LogP contribution in [0.25, 0.3) is 0 Å². The average molecular weight is 341 g/mol. The Kier molecular flexibility index (Phi) is 4.90. The molecule has 25 heavy (non-hydrogen) atoms. The van der Waals surface area contributed by atoms with Gasteiger partial charge in [-0.3, -0.25) is 9.59 Å². The molecule has 8 nitrogen and oxygen atoms in total. The van der Waals surface area contributed by atoms with E-state index in [-0.39, 0.29) is 17.9 Å². The molecule has 1 N–H and O–H groups in total. The van der Waals surface area contributed by atoms with Crippen molar-refractivity contribution in [3.05, 3.63) is 48.7 Å². The van der Waals surface area contributed by atoms with Crippen molar-refractivity contribution < 1.29 is 14.3 Å². The van der Waals surface area contributed by atoms with E-state index in [1.807, 2.05) is 0 Å². The van der Waals surface area contributed by atoms with Crippen LogP contribution in [0.2, 0.25) is 0 Å². The SMILES string of the molecule is C=CC(=O)N(C)c1ccc(C(=O)Nc2cn(C3CCOC3)nn2)cc1. The predicted octanol–water partition coefficient (Wildman–Crippen LogP) is 1.64. The van der Waals surface area contributed by atoms with Crippen LogP contribution in [-0.2, 0) is 9.53 Å². The molecule has 2 amide bonds. The number of hydrogen-bond acceptors (Lipinski definition) is 5. The average Bonchev–Trinajstić information content (AvgIpc) is 3.32. The summed E-state index contributed by atoms with van der Waals surface area (Å²) in [5, 5.41) is 10.7. The first-order chi connectivity index (χ1) is 12.1. The zero-order valence-corrected chi connectivity index (χ0v) is 13.9. The minimum atomic E-state index is -0.293. The van der Waals surface area contributed by atoms with Gasteiger partial charge in [0.15, 0.2) is 5.82 Å². The Morgan fingerprint density at radius 2 is 2.16 bits per heavy atom. The van der Waals surface area contributed by atoms with Crippen LogP contribution in [0.1, 0.15) is 22.8 Å². The Morgan fingerprint density at radius 1 is 1.40 bits per heavy atom. The first-order valence-corrected chi connectivity index (χ1v) is 7.89. The number of ether oxygens (including phenoxy) is 1. The molecule has 1 aliphatic rings. The summed E-state index contributed by atoms with van der Waals surface area (Å²) >= 11 is 0. The second-order valence-electron chi connectivity index (χ2n) is 5.70. The highest BCUT2D eigenvalue weighted by Crippen LogP contribution is 2.19. The third-order valence-electron chi connectivity index (χ3n) is 4.05. The van der Waals surface area contributed by atoms with Crippen molar-refractivity contribution in [3.63, 3.8) is 0 Å². The van der Waals surface area contributed by atoms with Gasteiger partial charge in [0.05, 0.1) is 18.8 Å². The molecular weight excluding hydrogens is 322 g/mol. The Morgan fingerprint density at radius 3 is 2.80 bits per heavy atom. The van der Waals surface area contributed by atoms with E-state index < -0.39 is 0 Å². The van der Waals surface area contributed by atoms with Crippen LogP contribution in [-0.4, -0.2) is 47.1 Å². The second kappa shape index (κ2) is 7.27. The number of hydrogen-bond donors (Lipinski definition) is 1. The number of benzene rings is 1. The molecule has 3 rings (SSSR count). The molecule has 2 aromatic rings. The lowest BCUT2D eigenvalue weighted by Crippen LogP contribution is -2.23. The largest absolute Gasteiger partial charge is 0.379 e. The maximum absolute atomic E-state index is 12.3. The Bertz CT molecular complexity index is 778. The Labute approximate surface area is 145 Å². The zero-order valence-electron chi connectivity index (χ0n) is 13.9. The van der Waals surface area contributed by atoms with Gasteiger partial charge in [0, 0.05) is 24.9 Å². The van der Waals surface area contributed by atoms with Gasteiger partial charge in [-0.1, -0.05) is 11.8 Å². The van der Waals surface area contributed by atoms with Crippen molar-refractivity contribution in [3.8, 4) is 0 Å². The highest BCUT2D eigenvalue weighted by molar-refractivity contribution is 6.04. The van der Waals surface area contributed by atoms with Crippen LogP contribution in [0.15, 0.2) is 43.1 Å². The van der Waals surface area contributed by atoms with Crippen LogP contribution >= 0.6 is 0 Å². The smallest absolute Gasteiger partial charge is 0.256 e. The van der Waals surface area contributed by atoms with Crippen molar-refractivity contribution in [1.29, 1.82) is 0 Å². The predicted molar refractivity (Wildman–Crippen MR) is 92.5 cm³/mol. The van der Waals surface area contributed by atoms with Gasteiger partial charge in [-0.05, 0) is 36.8 Å². The third-order valence-corrected chi connectivity index (χ3v) is 4.05. The normalized spacial score (nSPS) is 16.4. The van der Waals surface area contributed by atoms with E-state index >= 15 is 0 Å². The molecule has 1 atom stereocenters. The molecule has 8 heteroatoms. The lowest BCUT2D eigenvalue weighted by Gasteiger charge is -2.15. The minimum Gasteiger partial charge on any atom is -0.379 e. The van der Waals surface area contributed by atoms with Crippen molar-refractivity contribution >= 4 is 23.3 Å². The lowest BCUT2D eigenvalue weighted by atomic mass is 10.2. The van der Waals surface area contributed by atoms with Gasteiger partial charge in [0.1, 0.15) is 0 Å². The van der Waals surface area contributed by atoms with Crippen molar-refractivity contribution in [2.45, 2.75) is 12.5 Å². The van der Waals surface area contributed by atoms with Gasteiger partial charge < -0.3 is 15.0 Å².